The Morgan fingerprint density at radius 3 is 2.92 bits per heavy atom. The summed E-state index contributed by atoms with van der Waals surface area (Å²) in [5.74, 6) is 0. The first-order chi connectivity index (χ1) is 6.22. The van der Waals surface area contributed by atoms with Crippen LogP contribution in [0.4, 0.5) is 0 Å². The molecule has 0 unspecified atom stereocenters. The fourth-order valence-electron chi connectivity index (χ4n) is 1.39. The van der Waals surface area contributed by atoms with Gasteiger partial charge in [0.15, 0.2) is 0 Å². The Morgan fingerprint density at radius 1 is 1.46 bits per heavy atom. The van der Waals surface area contributed by atoms with E-state index in [9.17, 15) is 0 Å². The Balaban J connectivity index is 2.83. The van der Waals surface area contributed by atoms with Crippen molar-refractivity contribution in [3.63, 3.8) is 0 Å². The number of fused-ring (bicyclic) bond motifs is 1. The lowest BCUT2D eigenvalue weighted by Crippen LogP contribution is -1.79. The molecule has 0 spiro atoms. The first-order valence-corrected chi connectivity index (χ1v) is 6.27. The fourth-order valence-corrected chi connectivity index (χ4v) is 3.36. The van der Waals surface area contributed by atoms with E-state index in [2.05, 4.69) is 35.0 Å². The molecule has 1 aromatic heterocycles. The van der Waals surface area contributed by atoms with Gasteiger partial charge in [0, 0.05) is 10.0 Å². The highest BCUT2D eigenvalue weighted by Gasteiger charge is 2.06. The summed E-state index contributed by atoms with van der Waals surface area (Å²) < 4.78 is 2.17. The second-order valence-electron chi connectivity index (χ2n) is 2.97. The maximum atomic E-state index is 5.99. The Morgan fingerprint density at radius 2 is 2.23 bits per heavy atom. The number of rotatable bonds is 1. The summed E-state index contributed by atoms with van der Waals surface area (Å²) in [7, 11) is 0. The van der Waals surface area contributed by atoms with E-state index in [1.165, 1.54) is 21.2 Å². The van der Waals surface area contributed by atoms with Gasteiger partial charge < -0.3 is 0 Å². The van der Waals surface area contributed by atoms with Gasteiger partial charge in [-0.2, -0.15) is 0 Å². The molecule has 1 heterocycles. The van der Waals surface area contributed by atoms with Crippen LogP contribution in [0.3, 0.4) is 0 Å². The second-order valence-corrected chi connectivity index (χ2v) is 5.21. The smallest absolute Gasteiger partial charge is 0.0941 e. The molecule has 0 atom stereocenters. The lowest BCUT2D eigenvalue weighted by atomic mass is 10.1. The van der Waals surface area contributed by atoms with Crippen molar-refractivity contribution in [2.45, 2.75) is 12.3 Å². The summed E-state index contributed by atoms with van der Waals surface area (Å²) in [6.45, 7) is 2.11. The molecule has 0 N–H and O–H groups in total. The maximum absolute atomic E-state index is 5.99. The van der Waals surface area contributed by atoms with Gasteiger partial charge in [-0.25, -0.2) is 0 Å². The summed E-state index contributed by atoms with van der Waals surface area (Å²) in [5, 5.41) is 2.17. The Kier molecular flexibility index (Phi) is 2.63. The first-order valence-electron chi connectivity index (χ1n) is 3.96. The molecule has 0 nitrogen and oxygen atoms in total. The van der Waals surface area contributed by atoms with Gasteiger partial charge in [-0.1, -0.05) is 39.7 Å². The molecule has 0 fully saturated rings. The van der Waals surface area contributed by atoms with E-state index >= 15 is 0 Å². The highest BCUT2D eigenvalue weighted by molar-refractivity contribution is 9.08. The van der Waals surface area contributed by atoms with Crippen molar-refractivity contribution >= 4 is 49.0 Å². The van der Waals surface area contributed by atoms with Crippen LogP contribution in [-0.4, -0.2) is 0 Å². The molecule has 0 radical (unpaired) electrons. The Hall–Kier alpha value is -0.0500. The largest absolute Gasteiger partial charge is 0.123 e. The predicted molar refractivity (Wildman–Crippen MR) is 64.2 cm³/mol. The minimum atomic E-state index is 0.867. The van der Waals surface area contributed by atoms with Crippen LogP contribution in [0, 0.1) is 6.92 Å². The summed E-state index contributed by atoms with van der Waals surface area (Å²) in [6.07, 6.45) is 0. The monoisotopic (exact) mass is 274 g/mol. The average molecular weight is 276 g/mol. The van der Waals surface area contributed by atoms with Gasteiger partial charge in [-0.15, -0.1) is 11.3 Å². The normalized spacial score (nSPS) is 11.0. The van der Waals surface area contributed by atoms with Crippen LogP contribution in [0.1, 0.15) is 11.1 Å². The van der Waals surface area contributed by atoms with Crippen LogP contribution in [0.25, 0.3) is 10.1 Å². The number of hydrogen-bond donors (Lipinski definition) is 0. The minimum Gasteiger partial charge on any atom is -0.123 e. The van der Waals surface area contributed by atoms with Crippen molar-refractivity contribution < 1.29 is 0 Å². The molecule has 68 valence electrons. The third-order valence-electron chi connectivity index (χ3n) is 2.10. The molecule has 0 amide bonds. The molecule has 2 aromatic rings. The molecule has 0 aliphatic carbocycles. The highest BCUT2D eigenvalue weighted by atomic mass is 79.9. The van der Waals surface area contributed by atoms with Gasteiger partial charge in [-0.05, 0) is 29.5 Å². The van der Waals surface area contributed by atoms with Gasteiger partial charge in [0.1, 0.15) is 0 Å². The van der Waals surface area contributed by atoms with Crippen LogP contribution in [0.15, 0.2) is 18.2 Å². The Labute approximate surface area is 94.7 Å². The predicted octanol–water partition coefficient (Wildman–Crippen LogP) is 4.76. The quantitative estimate of drug-likeness (QED) is 0.658. The van der Waals surface area contributed by atoms with Crippen molar-refractivity contribution in [2.24, 2.45) is 0 Å². The molecule has 0 aliphatic rings. The number of alkyl halides is 1. The highest BCUT2D eigenvalue weighted by Crippen LogP contribution is 2.34. The van der Waals surface area contributed by atoms with Crippen LogP contribution in [0.5, 0.6) is 0 Å². The van der Waals surface area contributed by atoms with Gasteiger partial charge in [0.25, 0.3) is 0 Å². The van der Waals surface area contributed by atoms with Crippen LogP contribution < -0.4 is 0 Å². The number of halogens is 2. The molecule has 3 heteroatoms. The van der Waals surface area contributed by atoms with Crippen molar-refractivity contribution in [1.29, 1.82) is 0 Å². The topological polar surface area (TPSA) is 0 Å². The molecular formula is C10H8BrClS. The standard InChI is InChI=1S/C10H8BrClS/c1-6-2-3-7(5-11)10-8(6)4-9(12)13-10/h2-4H,5H2,1H3. The van der Waals surface area contributed by atoms with E-state index in [1.54, 1.807) is 11.3 Å². The van der Waals surface area contributed by atoms with E-state index in [4.69, 9.17) is 11.6 Å². The minimum absolute atomic E-state index is 0.867. The van der Waals surface area contributed by atoms with Gasteiger partial charge in [0.2, 0.25) is 0 Å². The summed E-state index contributed by atoms with van der Waals surface area (Å²) in [5.41, 5.74) is 2.61. The zero-order valence-electron chi connectivity index (χ0n) is 7.10. The lowest BCUT2D eigenvalue weighted by Gasteiger charge is -2.00. The van der Waals surface area contributed by atoms with Crippen molar-refractivity contribution in [3.05, 3.63) is 33.7 Å². The molecule has 0 bridgehead atoms. The number of benzene rings is 1. The fraction of sp³-hybridized carbons (Fsp3) is 0.200. The van der Waals surface area contributed by atoms with E-state index < -0.39 is 0 Å². The Bertz CT molecular complexity index is 447. The third-order valence-corrected chi connectivity index (χ3v) is 4.04. The van der Waals surface area contributed by atoms with Crippen LogP contribution in [-0.2, 0) is 5.33 Å². The molecule has 2 rings (SSSR count). The third kappa shape index (κ3) is 1.63. The molecule has 13 heavy (non-hydrogen) atoms. The molecule has 0 aliphatic heterocycles. The zero-order chi connectivity index (χ0) is 9.42. The van der Waals surface area contributed by atoms with E-state index in [1.807, 2.05) is 6.07 Å². The maximum Gasteiger partial charge on any atom is 0.0941 e. The number of hydrogen-bond acceptors (Lipinski definition) is 1. The summed E-state index contributed by atoms with van der Waals surface area (Å²) in [6, 6.07) is 6.34. The lowest BCUT2D eigenvalue weighted by molar-refractivity contribution is 1.46. The summed E-state index contributed by atoms with van der Waals surface area (Å²) >= 11 is 11.1. The molecule has 0 saturated heterocycles. The van der Waals surface area contributed by atoms with Crippen molar-refractivity contribution in [2.75, 3.05) is 0 Å². The van der Waals surface area contributed by atoms with Crippen molar-refractivity contribution in [3.8, 4) is 0 Å². The van der Waals surface area contributed by atoms with Gasteiger partial charge in [-0.3, -0.25) is 0 Å². The number of aryl methyl sites for hydroxylation is 1. The SMILES string of the molecule is Cc1ccc(CBr)c2sc(Cl)cc12. The molecular weight excluding hydrogens is 268 g/mol. The first kappa shape index (κ1) is 9.50. The average Bonchev–Trinajstić information content (AvgIpc) is 2.48. The van der Waals surface area contributed by atoms with E-state index in [0.717, 1.165) is 9.67 Å². The van der Waals surface area contributed by atoms with E-state index in [-0.39, 0.29) is 0 Å². The van der Waals surface area contributed by atoms with Crippen molar-refractivity contribution in [1.82, 2.24) is 0 Å². The van der Waals surface area contributed by atoms with Crippen LogP contribution in [0.2, 0.25) is 4.34 Å². The molecule has 0 saturated carbocycles. The summed E-state index contributed by atoms with van der Waals surface area (Å²) in [4.78, 5) is 0. The number of thiophene rings is 1. The van der Waals surface area contributed by atoms with Crippen LogP contribution >= 0.6 is 38.9 Å². The van der Waals surface area contributed by atoms with Gasteiger partial charge in [0.05, 0.1) is 4.34 Å². The van der Waals surface area contributed by atoms with E-state index in [0.29, 0.717) is 0 Å². The second kappa shape index (κ2) is 3.60. The van der Waals surface area contributed by atoms with Gasteiger partial charge >= 0.3 is 0 Å². The molecule has 1 aromatic carbocycles. The zero-order valence-corrected chi connectivity index (χ0v) is 10.3.